The molecule has 0 bridgehead atoms. The fourth-order valence-electron chi connectivity index (χ4n) is 3.36. The van der Waals surface area contributed by atoms with Crippen molar-refractivity contribution in [2.75, 3.05) is 6.54 Å². The van der Waals surface area contributed by atoms with Gasteiger partial charge in [-0.15, -0.1) is 0 Å². The number of nitrogens with one attached hydrogen (secondary N) is 1. The lowest BCUT2D eigenvalue weighted by Gasteiger charge is -2.27. The zero-order chi connectivity index (χ0) is 11.7. The van der Waals surface area contributed by atoms with E-state index in [1.165, 1.54) is 24.8 Å². The van der Waals surface area contributed by atoms with E-state index in [2.05, 4.69) is 23.5 Å². The highest BCUT2D eigenvalue weighted by molar-refractivity contribution is 5.34. The van der Waals surface area contributed by atoms with E-state index in [1.807, 2.05) is 6.07 Å². The minimum atomic E-state index is -0.241. The maximum absolute atomic E-state index is 10.3. The molecule has 1 aliphatic carbocycles. The molecule has 17 heavy (non-hydrogen) atoms. The van der Waals surface area contributed by atoms with Gasteiger partial charge in [0.25, 0.3) is 0 Å². The Morgan fingerprint density at radius 1 is 1.24 bits per heavy atom. The lowest BCUT2D eigenvalue weighted by molar-refractivity contribution is 0.108. The van der Waals surface area contributed by atoms with Gasteiger partial charge in [0.2, 0.25) is 0 Å². The molecule has 0 saturated carbocycles. The fourth-order valence-corrected chi connectivity index (χ4v) is 3.36. The molecule has 2 N–H and O–H groups in total. The molecule has 2 aliphatic rings. The van der Waals surface area contributed by atoms with Crippen LogP contribution in [0.25, 0.3) is 0 Å². The van der Waals surface area contributed by atoms with Gasteiger partial charge in [-0.25, -0.2) is 0 Å². The summed E-state index contributed by atoms with van der Waals surface area (Å²) in [5.74, 6) is 0.419. The second-order valence-electron chi connectivity index (χ2n) is 5.49. The summed E-state index contributed by atoms with van der Waals surface area (Å²) in [5.41, 5.74) is 2.51. The Morgan fingerprint density at radius 2 is 2.12 bits per heavy atom. The zero-order valence-corrected chi connectivity index (χ0v) is 10.2. The summed E-state index contributed by atoms with van der Waals surface area (Å²) < 4.78 is 0. The second kappa shape index (κ2) is 4.79. The topological polar surface area (TPSA) is 32.3 Å². The number of benzene rings is 1. The van der Waals surface area contributed by atoms with Gasteiger partial charge in [0, 0.05) is 6.04 Å². The van der Waals surface area contributed by atoms with Crippen LogP contribution in [0.4, 0.5) is 0 Å². The lowest BCUT2D eigenvalue weighted by Crippen LogP contribution is -2.36. The molecule has 0 aromatic heterocycles. The summed E-state index contributed by atoms with van der Waals surface area (Å²) in [7, 11) is 0. The third kappa shape index (κ3) is 2.24. The standard InChI is InChI=1S/C15H21NO/c17-15-12(10-13-6-3-4-8-16-13)9-11-5-1-2-7-14(11)15/h1-2,5,7,12-13,15-17H,3-4,6,8-10H2/t12-,13-,15-/m0/s1. The Kier molecular flexibility index (Phi) is 3.17. The summed E-state index contributed by atoms with van der Waals surface area (Å²) in [6.07, 6.45) is 5.86. The van der Waals surface area contributed by atoms with E-state index in [9.17, 15) is 5.11 Å². The first kappa shape index (κ1) is 11.2. The molecule has 1 fully saturated rings. The molecule has 1 aliphatic heterocycles. The highest BCUT2D eigenvalue weighted by Gasteiger charge is 2.32. The lowest BCUT2D eigenvalue weighted by atomic mass is 9.91. The summed E-state index contributed by atoms with van der Waals surface area (Å²) in [6, 6.07) is 8.97. The summed E-state index contributed by atoms with van der Waals surface area (Å²) in [4.78, 5) is 0. The maximum atomic E-state index is 10.3. The van der Waals surface area contributed by atoms with Crippen LogP contribution in [0.5, 0.6) is 0 Å². The van der Waals surface area contributed by atoms with Gasteiger partial charge < -0.3 is 10.4 Å². The van der Waals surface area contributed by atoms with Crippen LogP contribution in [0.1, 0.15) is 42.9 Å². The molecule has 0 radical (unpaired) electrons. The SMILES string of the molecule is O[C@@H]1c2ccccc2C[C@H]1C[C@@H]1CCCCN1. The quantitative estimate of drug-likeness (QED) is 0.819. The van der Waals surface area contributed by atoms with Gasteiger partial charge in [0.05, 0.1) is 6.10 Å². The first-order valence-corrected chi connectivity index (χ1v) is 6.84. The molecule has 2 nitrogen and oxygen atoms in total. The summed E-state index contributed by atoms with van der Waals surface area (Å²) in [5, 5.41) is 13.9. The van der Waals surface area contributed by atoms with E-state index in [1.54, 1.807) is 0 Å². The second-order valence-corrected chi connectivity index (χ2v) is 5.49. The first-order valence-electron chi connectivity index (χ1n) is 6.84. The van der Waals surface area contributed by atoms with E-state index in [-0.39, 0.29) is 6.10 Å². The first-order chi connectivity index (χ1) is 8.34. The predicted molar refractivity (Wildman–Crippen MR) is 68.9 cm³/mol. The van der Waals surface area contributed by atoms with Gasteiger partial charge in [-0.2, -0.15) is 0 Å². The highest BCUT2D eigenvalue weighted by Crippen LogP contribution is 2.38. The number of hydrogen-bond acceptors (Lipinski definition) is 2. The van der Waals surface area contributed by atoms with Gasteiger partial charge in [0.1, 0.15) is 0 Å². The van der Waals surface area contributed by atoms with Crippen LogP contribution in [0, 0.1) is 5.92 Å². The minimum absolute atomic E-state index is 0.241. The van der Waals surface area contributed by atoms with Crippen molar-refractivity contribution in [1.29, 1.82) is 0 Å². The third-order valence-corrected chi connectivity index (χ3v) is 4.30. The third-order valence-electron chi connectivity index (χ3n) is 4.30. The zero-order valence-electron chi connectivity index (χ0n) is 10.2. The molecular weight excluding hydrogens is 210 g/mol. The number of aliphatic hydroxyl groups is 1. The largest absolute Gasteiger partial charge is 0.388 e. The highest BCUT2D eigenvalue weighted by atomic mass is 16.3. The van der Waals surface area contributed by atoms with Gasteiger partial charge in [0.15, 0.2) is 0 Å². The molecule has 0 unspecified atom stereocenters. The van der Waals surface area contributed by atoms with Crippen molar-refractivity contribution < 1.29 is 5.11 Å². The van der Waals surface area contributed by atoms with Crippen LogP contribution in [-0.2, 0) is 6.42 Å². The Balaban J connectivity index is 1.67. The van der Waals surface area contributed by atoms with E-state index in [4.69, 9.17) is 0 Å². The fraction of sp³-hybridized carbons (Fsp3) is 0.600. The van der Waals surface area contributed by atoms with Crippen LogP contribution >= 0.6 is 0 Å². The van der Waals surface area contributed by atoms with Gasteiger partial charge >= 0.3 is 0 Å². The van der Waals surface area contributed by atoms with E-state index in [0.29, 0.717) is 12.0 Å². The van der Waals surface area contributed by atoms with Crippen molar-refractivity contribution in [1.82, 2.24) is 5.32 Å². The molecule has 0 amide bonds. The van der Waals surface area contributed by atoms with Gasteiger partial charge in [-0.1, -0.05) is 30.7 Å². The monoisotopic (exact) mass is 231 g/mol. The minimum Gasteiger partial charge on any atom is -0.388 e. The van der Waals surface area contributed by atoms with Crippen LogP contribution in [0.15, 0.2) is 24.3 Å². The van der Waals surface area contributed by atoms with Crippen LogP contribution in [0.3, 0.4) is 0 Å². The Hall–Kier alpha value is -0.860. The van der Waals surface area contributed by atoms with Crippen LogP contribution in [-0.4, -0.2) is 17.7 Å². The van der Waals surface area contributed by atoms with Gasteiger partial charge in [-0.3, -0.25) is 0 Å². The van der Waals surface area contributed by atoms with E-state index < -0.39 is 0 Å². The Morgan fingerprint density at radius 3 is 2.88 bits per heavy atom. The molecule has 0 spiro atoms. The van der Waals surface area contributed by atoms with Crippen LogP contribution in [0.2, 0.25) is 0 Å². The molecular formula is C15H21NO. The van der Waals surface area contributed by atoms with E-state index in [0.717, 1.165) is 24.9 Å². The van der Waals surface area contributed by atoms with Crippen molar-refractivity contribution in [3.05, 3.63) is 35.4 Å². The smallest absolute Gasteiger partial charge is 0.0824 e. The Labute approximate surface area is 103 Å². The van der Waals surface area contributed by atoms with Crippen LogP contribution < -0.4 is 5.32 Å². The molecule has 3 rings (SSSR count). The maximum Gasteiger partial charge on any atom is 0.0824 e. The molecule has 2 heteroatoms. The van der Waals surface area contributed by atoms with Crippen molar-refractivity contribution in [3.63, 3.8) is 0 Å². The average molecular weight is 231 g/mol. The van der Waals surface area contributed by atoms with Crippen molar-refractivity contribution in [2.24, 2.45) is 5.92 Å². The summed E-state index contributed by atoms with van der Waals surface area (Å²) >= 11 is 0. The molecule has 1 aromatic rings. The average Bonchev–Trinajstić information content (AvgIpc) is 2.68. The summed E-state index contributed by atoms with van der Waals surface area (Å²) in [6.45, 7) is 1.15. The number of aliphatic hydroxyl groups excluding tert-OH is 1. The van der Waals surface area contributed by atoms with Gasteiger partial charge in [-0.05, 0) is 49.3 Å². The normalized spacial score (nSPS) is 32.4. The molecule has 3 atom stereocenters. The molecule has 1 saturated heterocycles. The van der Waals surface area contributed by atoms with E-state index >= 15 is 0 Å². The Bertz CT molecular complexity index is 384. The predicted octanol–water partition coefficient (Wildman–Crippen LogP) is 2.42. The van der Waals surface area contributed by atoms with Crippen molar-refractivity contribution in [3.8, 4) is 0 Å². The molecule has 1 heterocycles. The number of rotatable bonds is 2. The molecule has 92 valence electrons. The number of piperidine rings is 1. The number of hydrogen-bond donors (Lipinski definition) is 2. The number of fused-ring (bicyclic) bond motifs is 1. The van der Waals surface area contributed by atoms with Crippen molar-refractivity contribution in [2.45, 2.75) is 44.2 Å². The molecule has 1 aromatic carbocycles. The van der Waals surface area contributed by atoms with Crippen molar-refractivity contribution >= 4 is 0 Å².